The zero-order valence-corrected chi connectivity index (χ0v) is 17.8. The molecule has 0 atom stereocenters. The fourth-order valence-electron chi connectivity index (χ4n) is 4.52. The maximum Gasteiger partial charge on any atom is 0.352 e. The number of benzene rings is 3. The second-order valence-electron chi connectivity index (χ2n) is 8.01. The second-order valence-corrected chi connectivity index (χ2v) is 8.01. The number of aromatic nitrogens is 1. The van der Waals surface area contributed by atoms with Gasteiger partial charge in [0.2, 0.25) is 0 Å². The van der Waals surface area contributed by atoms with E-state index in [1.807, 2.05) is 42.5 Å². The highest BCUT2D eigenvalue weighted by Gasteiger charge is 2.21. The molecule has 0 saturated carbocycles. The molecule has 1 aromatic heterocycles. The van der Waals surface area contributed by atoms with E-state index >= 15 is 0 Å². The number of carboxylic acid groups (broad SMARTS) is 1. The van der Waals surface area contributed by atoms with Crippen molar-refractivity contribution in [1.29, 1.82) is 0 Å². The van der Waals surface area contributed by atoms with E-state index in [0.717, 1.165) is 58.2 Å². The van der Waals surface area contributed by atoms with E-state index in [1.165, 1.54) is 0 Å². The number of hydrogen-bond donors (Lipinski definition) is 2. The van der Waals surface area contributed by atoms with Gasteiger partial charge in [0.15, 0.2) is 0 Å². The number of para-hydroxylation sites is 1. The number of rotatable bonds is 7. The lowest BCUT2D eigenvalue weighted by Gasteiger charge is -2.29. The average Bonchev–Trinajstić information content (AvgIpc) is 3.21. The second kappa shape index (κ2) is 8.93. The fourth-order valence-corrected chi connectivity index (χ4v) is 4.52. The number of ether oxygens (including phenoxy) is 2. The van der Waals surface area contributed by atoms with E-state index in [4.69, 9.17) is 9.47 Å². The molecule has 1 aliphatic heterocycles. The van der Waals surface area contributed by atoms with Crippen LogP contribution in [0.2, 0.25) is 0 Å². The topological polar surface area (TPSA) is 74.8 Å². The van der Waals surface area contributed by atoms with Gasteiger partial charge in [-0.3, -0.25) is 0 Å². The number of aryl methyl sites for hydroxylation is 1. The summed E-state index contributed by atoms with van der Waals surface area (Å²) in [5, 5.41) is 13.0. The Morgan fingerprint density at radius 2 is 1.75 bits per heavy atom. The first-order valence-corrected chi connectivity index (χ1v) is 11.0. The van der Waals surface area contributed by atoms with Crippen LogP contribution < -0.4 is 9.64 Å². The van der Waals surface area contributed by atoms with Crippen LogP contribution in [0.4, 0.5) is 5.69 Å². The van der Waals surface area contributed by atoms with Crippen molar-refractivity contribution in [3.63, 3.8) is 0 Å². The average molecular weight is 431 g/mol. The summed E-state index contributed by atoms with van der Waals surface area (Å²) in [5.74, 6) is -0.0748. The number of fused-ring (bicyclic) bond motifs is 2. The molecule has 0 amide bonds. The molecule has 0 unspecified atom stereocenters. The summed E-state index contributed by atoms with van der Waals surface area (Å²) in [6.45, 7) is 3.48. The van der Waals surface area contributed by atoms with Crippen molar-refractivity contribution in [1.82, 2.24) is 4.98 Å². The highest BCUT2D eigenvalue weighted by atomic mass is 16.5. The van der Waals surface area contributed by atoms with Gasteiger partial charge in [0.1, 0.15) is 11.4 Å². The first-order valence-electron chi connectivity index (χ1n) is 11.0. The van der Waals surface area contributed by atoms with E-state index in [1.54, 1.807) is 0 Å². The van der Waals surface area contributed by atoms with Crippen LogP contribution >= 0.6 is 0 Å². The molecule has 6 heteroatoms. The van der Waals surface area contributed by atoms with Crippen molar-refractivity contribution in [3.8, 4) is 5.75 Å². The Morgan fingerprint density at radius 1 is 1.00 bits per heavy atom. The molecule has 0 radical (unpaired) electrons. The zero-order valence-electron chi connectivity index (χ0n) is 17.8. The fraction of sp³-hybridized carbons (Fsp3) is 0.269. The van der Waals surface area contributed by atoms with Crippen LogP contribution in [0.25, 0.3) is 21.7 Å². The lowest BCUT2D eigenvalue weighted by molar-refractivity contribution is 0.0690. The van der Waals surface area contributed by atoms with E-state index in [9.17, 15) is 9.90 Å². The summed E-state index contributed by atoms with van der Waals surface area (Å²) < 4.78 is 11.5. The van der Waals surface area contributed by atoms with Gasteiger partial charge in [0.25, 0.3) is 0 Å². The SMILES string of the molecule is O=C(O)c1[nH]c2c(N3CCOCC3)cccc2c1CCCOc1cccc2ccccc12. The van der Waals surface area contributed by atoms with E-state index < -0.39 is 5.97 Å². The molecule has 0 aliphatic carbocycles. The van der Waals surface area contributed by atoms with E-state index in [-0.39, 0.29) is 5.69 Å². The predicted molar refractivity (Wildman–Crippen MR) is 126 cm³/mol. The van der Waals surface area contributed by atoms with Crippen LogP contribution in [0.3, 0.4) is 0 Å². The zero-order chi connectivity index (χ0) is 21.9. The van der Waals surface area contributed by atoms with Crippen LogP contribution in [0.5, 0.6) is 5.75 Å². The number of aromatic carboxylic acids is 1. The predicted octanol–water partition coefficient (Wildman–Crippen LogP) is 4.87. The highest BCUT2D eigenvalue weighted by Crippen LogP contribution is 2.32. The van der Waals surface area contributed by atoms with Crippen molar-refractivity contribution in [2.45, 2.75) is 12.8 Å². The number of aromatic amines is 1. The van der Waals surface area contributed by atoms with Crippen LogP contribution in [0.15, 0.2) is 60.7 Å². The number of morpholine rings is 1. The van der Waals surface area contributed by atoms with E-state index in [0.29, 0.717) is 26.2 Å². The Balaban J connectivity index is 1.36. The molecule has 32 heavy (non-hydrogen) atoms. The largest absolute Gasteiger partial charge is 0.493 e. The maximum atomic E-state index is 12.0. The number of carboxylic acids is 1. The number of hydrogen-bond acceptors (Lipinski definition) is 4. The first-order chi connectivity index (χ1) is 15.7. The number of nitrogens with one attached hydrogen (secondary N) is 1. The molecule has 3 aromatic carbocycles. The molecule has 4 aromatic rings. The third kappa shape index (κ3) is 3.89. The minimum Gasteiger partial charge on any atom is -0.493 e. The Labute approximate surface area is 186 Å². The van der Waals surface area contributed by atoms with Crippen LogP contribution in [0.1, 0.15) is 22.5 Å². The number of H-pyrrole nitrogens is 1. The maximum absolute atomic E-state index is 12.0. The van der Waals surface area contributed by atoms with Crippen LogP contribution in [0, 0.1) is 0 Å². The Kier molecular flexibility index (Phi) is 5.69. The number of anilines is 1. The molecule has 6 nitrogen and oxygen atoms in total. The molecule has 2 heterocycles. The minimum atomic E-state index is -0.931. The molecule has 5 rings (SSSR count). The molecule has 1 fully saturated rings. The van der Waals surface area contributed by atoms with Crippen molar-refractivity contribution < 1.29 is 19.4 Å². The standard InChI is InChI=1S/C26H26N2O4/c29-26(30)25-21(10-5-15-32-23-12-3-7-18-6-1-2-8-19(18)23)20-9-4-11-22(24(20)27-25)28-13-16-31-17-14-28/h1-4,6-9,11-12,27H,5,10,13-17H2,(H,29,30). The minimum absolute atomic E-state index is 0.269. The third-order valence-electron chi connectivity index (χ3n) is 6.06. The van der Waals surface area contributed by atoms with Gasteiger partial charge >= 0.3 is 5.97 Å². The Bertz CT molecular complexity index is 1250. The van der Waals surface area contributed by atoms with Gasteiger partial charge in [-0.05, 0) is 35.9 Å². The number of carbonyl (C=O) groups is 1. The van der Waals surface area contributed by atoms with Gasteiger partial charge in [0, 0.05) is 23.9 Å². The molecule has 0 bridgehead atoms. The summed E-state index contributed by atoms with van der Waals surface area (Å²) in [5.41, 5.74) is 3.03. The molecular weight excluding hydrogens is 404 g/mol. The molecule has 0 spiro atoms. The molecule has 1 aliphatic rings. The monoisotopic (exact) mass is 430 g/mol. The first kappa shape index (κ1) is 20.4. The summed E-state index contributed by atoms with van der Waals surface area (Å²) >= 11 is 0. The van der Waals surface area contributed by atoms with Crippen LogP contribution in [-0.2, 0) is 11.2 Å². The smallest absolute Gasteiger partial charge is 0.352 e. The lowest BCUT2D eigenvalue weighted by Crippen LogP contribution is -2.36. The van der Waals surface area contributed by atoms with Gasteiger partial charge in [-0.2, -0.15) is 0 Å². The highest BCUT2D eigenvalue weighted by molar-refractivity contribution is 6.02. The normalized spacial score (nSPS) is 14.2. The summed E-state index contributed by atoms with van der Waals surface area (Å²) in [6, 6.07) is 20.2. The third-order valence-corrected chi connectivity index (χ3v) is 6.06. The van der Waals surface area contributed by atoms with Gasteiger partial charge < -0.3 is 24.5 Å². The van der Waals surface area contributed by atoms with Gasteiger partial charge in [-0.15, -0.1) is 0 Å². The molecular formula is C26H26N2O4. The van der Waals surface area contributed by atoms with Crippen LogP contribution in [-0.4, -0.2) is 49.0 Å². The molecule has 2 N–H and O–H groups in total. The van der Waals surface area contributed by atoms with Gasteiger partial charge in [-0.1, -0.05) is 48.5 Å². The molecule has 164 valence electrons. The van der Waals surface area contributed by atoms with Crippen molar-refractivity contribution in [2.75, 3.05) is 37.8 Å². The Hall–Kier alpha value is -3.51. The van der Waals surface area contributed by atoms with E-state index in [2.05, 4.69) is 28.1 Å². The van der Waals surface area contributed by atoms with Crippen molar-refractivity contribution >= 4 is 33.3 Å². The summed E-state index contributed by atoms with van der Waals surface area (Å²) in [4.78, 5) is 17.4. The Morgan fingerprint density at radius 3 is 2.59 bits per heavy atom. The molecule has 1 saturated heterocycles. The van der Waals surface area contributed by atoms with Gasteiger partial charge in [-0.25, -0.2) is 4.79 Å². The van der Waals surface area contributed by atoms with Gasteiger partial charge in [0.05, 0.1) is 31.0 Å². The van der Waals surface area contributed by atoms with Crippen molar-refractivity contribution in [2.24, 2.45) is 0 Å². The summed E-state index contributed by atoms with van der Waals surface area (Å²) in [6.07, 6.45) is 1.34. The van der Waals surface area contributed by atoms with Crippen molar-refractivity contribution in [3.05, 3.63) is 71.9 Å². The number of nitrogens with zero attached hydrogens (tertiary/aromatic N) is 1. The lowest BCUT2D eigenvalue weighted by atomic mass is 10.0. The quantitative estimate of drug-likeness (QED) is 0.409. The summed E-state index contributed by atoms with van der Waals surface area (Å²) in [7, 11) is 0.